The molecule has 8 atom stereocenters. The summed E-state index contributed by atoms with van der Waals surface area (Å²) in [7, 11) is -25.6. The Hall–Kier alpha value is -7.43. The van der Waals surface area contributed by atoms with Crippen LogP contribution in [0.1, 0.15) is 55.4 Å². The van der Waals surface area contributed by atoms with E-state index in [1.165, 1.54) is 97.1 Å². The van der Waals surface area contributed by atoms with Crippen LogP contribution in [0.3, 0.4) is 0 Å². The molecule has 4 aliphatic carbocycles. The van der Waals surface area contributed by atoms with Gasteiger partial charge in [-0.2, -0.15) is 0 Å². The van der Waals surface area contributed by atoms with E-state index in [-0.39, 0.29) is 16.9 Å². The summed E-state index contributed by atoms with van der Waals surface area (Å²) < 4.78 is 326. The number of hydrogen-bond acceptors (Lipinski definition) is 9. The predicted molar refractivity (Wildman–Crippen MR) is 374 cm³/mol. The van der Waals surface area contributed by atoms with E-state index in [9.17, 15) is 64.8 Å². The second-order valence-electron chi connectivity index (χ2n) is 25.5. The van der Waals surface area contributed by atoms with Gasteiger partial charge in [0.1, 0.15) is 0 Å². The molecule has 0 spiro atoms. The zero-order chi connectivity index (χ0) is 76.1. The molecule has 0 fully saturated rings. The van der Waals surface area contributed by atoms with Gasteiger partial charge in [0.05, 0.1) is 0 Å². The van der Waals surface area contributed by atoms with Crippen molar-refractivity contribution < 1.29 is 101 Å². The summed E-state index contributed by atoms with van der Waals surface area (Å²) in [5, 5.41) is 0. The third kappa shape index (κ3) is 12.3. The first kappa shape index (κ1) is 77.7. The Kier molecular flexibility index (Phi) is 20.9. The van der Waals surface area contributed by atoms with E-state index < -0.39 is 216 Å². The van der Waals surface area contributed by atoms with Crippen molar-refractivity contribution in [1.29, 1.82) is 0 Å². The van der Waals surface area contributed by atoms with Gasteiger partial charge in [-0.05, 0) is 0 Å². The number of benzene rings is 7. The number of allylic oxidation sites excluding steroid dienone is 12. The quantitative estimate of drug-likeness (QED) is 0.0336. The van der Waals surface area contributed by atoms with E-state index in [2.05, 4.69) is 0 Å². The van der Waals surface area contributed by atoms with E-state index in [0.717, 1.165) is 0 Å². The van der Waals surface area contributed by atoms with Crippen LogP contribution in [0.2, 0.25) is 0 Å². The second kappa shape index (κ2) is 28.0. The SMILES string of the molecule is CC1C=CC=CC1(C)S(OS(=O)(=O)c1c(F)c(F)c(F)c(F)c1F)(c1ccc(-c2ccc(I(OS(=O)(=O)c3c(F)c(F)c(F)c(F)c3F)c3ccc(-c4ccc(S(OS(=O)(=O)c5c(F)c(F)c(F)c(F)c5F)(C5(C)C=CC=CC5C)C5(C)C=CC=CC5C)cc4)cc3)cc2)cc1)C1(C)C=CC=CC1C. The van der Waals surface area contributed by atoms with Gasteiger partial charge in [-0.15, -0.1) is 0 Å². The first-order chi connectivity index (χ1) is 48.7. The zero-order valence-electron chi connectivity index (χ0n) is 55.5. The summed E-state index contributed by atoms with van der Waals surface area (Å²) >= 11 is -4.32. The molecule has 0 bridgehead atoms. The van der Waals surface area contributed by atoms with Crippen molar-refractivity contribution in [3.8, 4) is 22.3 Å². The van der Waals surface area contributed by atoms with Crippen molar-refractivity contribution in [2.24, 2.45) is 23.7 Å². The fraction of sp³-hybridized carbons (Fsp3) is 0.216. The molecule has 9 nitrogen and oxygen atoms in total. The molecule has 0 radical (unpaired) electrons. The fourth-order valence-corrected chi connectivity index (χ4v) is 35.6. The van der Waals surface area contributed by atoms with E-state index in [1.54, 1.807) is 153 Å². The van der Waals surface area contributed by atoms with Crippen molar-refractivity contribution in [3.05, 3.63) is 289 Å². The molecule has 7 aromatic rings. The van der Waals surface area contributed by atoms with E-state index >= 15 is 26.3 Å². The molecule has 7 aromatic carbocycles. The number of rotatable bonds is 19. The molecule has 0 aliphatic heterocycles. The van der Waals surface area contributed by atoms with Gasteiger partial charge < -0.3 is 0 Å². The maximum absolute atomic E-state index is 15.7. The predicted octanol–water partition coefficient (Wildman–Crippen LogP) is 21.0. The molecule has 0 heterocycles. The number of hydrogen-bond donors (Lipinski definition) is 0. The summed E-state index contributed by atoms with van der Waals surface area (Å²) in [5.74, 6) is -42.0. The van der Waals surface area contributed by atoms with Crippen LogP contribution in [0.15, 0.2) is 219 Å². The van der Waals surface area contributed by atoms with Crippen LogP contribution < -0.4 is 0 Å². The van der Waals surface area contributed by atoms with Crippen molar-refractivity contribution in [3.63, 3.8) is 0 Å². The third-order valence-electron chi connectivity index (χ3n) is 19.8. The Morgan fingerprint density at radius 2 is 0.490 bits per heavy atom. The molecule has 552 valence electrons. The van der Waals surface area contributed by atoms with Crippen LogP contribution >= 0.6 is 40.9 Å². The molecule has 0 saturated carbocycles. The van der Waals surface area contributed by atoms with Crippen LogP contribution in [0, 0.1) is 118 Å². The van der Waals surface area contributed by atoms with Gasteiger partial charge in [0.25, 0.3) is 0 Å². The molecule has 0 saturated heterocycles. The van der Waals surface area contributed by atoms with Gasteiger partial charge in [-0.3, -0.25) is 0 Å². The Bertz CT molecular complexity index is 4850. The number of halogens is 16. The van der Waals surface area contributed by atoms with Crippen LogP contribution in [0.25, 0.3) is 22.3 Å². The Labute approximate surface area is 601 Å². The Morgan fingerprint density at radius 3 is 0.712 bits per heavy atom. The van der Waals surface area contributed by atoms with Crippen LogP contribution in [-0.2, 0) is 40.1 Å². The van der Waals surface area contributed by atoms with Crippen LogP contribution in [0.4, 0.5) is 65.9 Å². The molecule has 0 N–H and O–H groups in total. The van der Waals surface area contributed by atoms with Crippen molar-refractivity contribution in [1.82, 2.24) is 0 Å². The average molecular weight is 1670 g/mol. The minimum atomic E-state index is -6.00. The summed E-state index contributed by atoms with van der Waals surface area (Å²) in [6.45, 7) is 13.4. The van der Waals surface area contributed by atoms with Gasteiger partial charge in [-0.25, -0.2) is 43.9 Å². The topological polar surface area (TPSA) is 130 Å². The summed E-state index contributed by atoms with van der Waals surface area (Å²) in [4.78, 5) is -6.56. The second-order valence-corrected chi connectivity index (χ2v) is 42.4. The first-order valence-corrected chi connectivity index (χ1v) is 41.7. The van der Waals surface area contributed by atoms with E-state index in [0.29, 0.717) is 22.3 Å². The normalized spacial score (nSPS) is 25.0. The van der Waals surface area contributed by atoms with Gasteiger partial charge in [0.15, 0.2) is 46.5 Å². The van der Waals surface area contributed by atoms with Gasteiger partial charge in [0.2, 0.25) is 11.6 Å². The minimum absolute atomic E-state index is 0.0104. The van der Waals surface area contributed by atoms with E-state index in [4.69, 9.17) is 9.77 Å². The molecule has 30 heteroatoms. The standard InChI is InChI=1S/C74H60F15IO9S5/c1-41-17-9-13-37-71(41,5)100(72(6)38-14-10-18-42(72)2,98-103(93,94)69-64(86)58(80)54(76)59(81)65(69)87)51-33-25-47(26-34-51)45-21-29-49(30-22-45)90(97-102(91,92)68-62(84)56(78)53(75)57(79)63(68)85)50-31-23-46(24-32-50)48-27-35-52(36-28-48)101(73(7)39-15-11-19-43(73)3,74(8)40-16-12-20-44(74)4)99-104(95,96)70-66(88)60(82)55(77)61(83)67(70)89/h9-44H,1-8H3. The molecule has 11 rings (SSSR count). The van der Waals surface area contributed by atoms with Crippen LogP contribution in [0.5, 0.6) is 0 Å². The summed E-state index contributed by atoms with van der Waals surface area (Å²) in [6, 6.07) is 22.9. The molecular formula is C74H60F15IO9S5. The zero-order valence-corrected chi connectivity index (χ0v) is 61.8. The maximum atomic E-state index is 15.7. The fourth-order valence-electron chi connectivity index (χ4n) is 13.3. The molecule has 0 aromatic heterocycles. The summed E-state index contributed by atoms with van der Waals surface area (Å²) in [6.07, 6.45) is 26.4. The monoisotopic (exact) mass is 1660 g/mol. The molecule has 4 aliphatic rings. The average Bonchev–Trinajstić information content (AvgIpc) is 0.685. The van der Waals surface area contributed by atoms with Crippen molar-refractivity contribution in [2.75, 3.05) is 0 Å². The molecule has 8 unspecified atom stereocenters. The Morgan fingerprint density at radius 1 is 0.288 bits per heavy atom. The molecular weight excluding hydrogens is 1610 g/mol. The van der Waals surface area contributed by atoms with E-state index in [1.807, 2.05) is 0 Å². The van der Waals surface area contributed by atoms with Crippen molar-refractivity contribution in [2.45, 2.75) is 98.9 Å². The first-order valence-electron chi connectivity index (χ1n) is 31.3. The van der Waals surface area contributed by atoms with Gasteiger partial charge in [-0.1, -0.05) is 24.3 Å². The Balaban J connectivity index is 1.01. The van der Waals surface area contributed by atoms with Crippen LogP contribution in [-0.4, -0.2) is 44.2 Å². The molecule has 0 amide bonds. The van der Waals surface area contributed by atoms with Gasteiger partial charge in [0, 0.05) is 0 Å². The third-order valence-corrected chi connectivity index (χ3v) is 40.7. The van der Waals surface area contributed by atoms with Crippen molar-refractivity contribution >= 4 is 71.2 Å². The molecule has 104 heavy (non-hydrogen) atoms. The summed E-state index contributed by atoms with van der Waals surface area (Å²) in [5.41, 5.74) is 1.30. The van der Waals surface area contributed by atoms with Gasteiger partial charge >= 0.3 is 479 Å².